The minimum Gasteiger partial charge on any atom is -0.271 e. The highest BCUT2D eigenvalue weighted by Gasteiger charge is 2.27. The first-order valence-electron chi connectivity index (χ1n) is 8.89. The van der Waals surface area contributed by atoms with E-state index in [1.807, 2.05) is 24.4 Å². The molecule has 1 N–H and O–H groups in total. The molecule has 0 saturated carbocycles. The number of benzene rings is 2. The van der Waals surface area contributed by atoms with E-state index in [0.29, 0.717) is 11.4 Å². The van der Waals surface area contributed by atoms with Gasteiger partial charge < -0.3 is 0 Å². The third kappa shape index (κ3) is 5.10. The van der Waals surface area contributed by atoms with E-state index in [4.69, 9.17) is 0 Å². The smallest absolute Gasteiger partial charge is 0.264 e. The maximum Gasteiger partial charge on any atom is 0.264 e. The van der Waals surface area contributed by atoms with Crippen LogP contribution < -0.4 is 9.73 Å². The summed E-state index contributed by atoms with van der Waals surface area (Å²) < 4.78 is 27.5. The van der Waals surface area contributed by atoms with Crippen molar-refractivity contribution in [3.05, 3.63) is 82.6 Å². The summed E-state index contributed by atoms with van der Waals surface area (Å²) in [5.74, 6) is -0.527. The number of anilines is 1. The first-order valence-corrected chi connectivity index (χ1v) is 11.2. The van der Waals surface area contributed by atoms with Crippen molar-refractivity contribution in [3.8, 4) is 0 Å². The lowest BCUT2D eigenvalue weighted by atomic mass is 10.2. The van der Waals surface area contributed by atoms with Crippen molar-refractivity contribution in [2.75, 3.05) is 10.8 Å². The maximum absolute atomic E-state index is 13.2. The van der Waals surface area contributed by atoms with Gasteiger partial charge in [0.25, 0.3) is 15.9 Å². The molecule has 0 unspecified atom stereocenters. The molecule has 0 aliphatic heterocycles. The minimum atomic E-state index is -3.92. The van der Waals surface area contributed by atoms with Crippen LogP contribution in [0.15, 0.2) is 82.1 Å². The lowest BCUT2D eigenvalue weighted by Gasteiger charge is -2.23. The van der Waals surface area contributed by atoms with Crippen molar-refractivity contribution in [2.24, 2.45) is 5.10 Å². The molecule has 3 rings (SSSR count). The van der Waals surface area contributed by atoms with Gasteiger partial charge in [-0.05, 0) is 49.6 Å². The number of hydrogen-bond donors (Lipinski definition) is 1. The first-order chi connectivity index (χ1) is 13.9. The average molecular weight is 428 g/mol. The Morgan fingerprint density at radius 1 is 1.03 bits per heavy atom. The minimum absolute atomic E-state index is 0.123. The monoisotopic (exact) mass is 427 g/mol. The number of rotatable bonds is 7. The Morgan fingerprint density at radius 3 is 2.34 bits per heavy atom. The highest BCUT2D eigenvalue weighted by atomic mass is 32.2. The molecule has 0 aliphatic carbocycles. The predicted octanol–water partition coefficient (Wildman–Crippen LogP) is 3.79. The van der Waals surface area contributed by atoms with E-state index < -0.39 is 15.9 Å². The van der Waals surface area contributed by atoms with Crippen LogP contribution in [0.5, 0.6) is 0 Å². The lowest BCUT2D eigenvalue weighted by Crippen LogP contribution is -2.39. The van der Waals surface area contributed by atoms with Gasteiger partial charge in [0.2, 0.25) is 0 Å². The van der Waals surface area contributed by atoms with Crippen LogP contribution >= 0.6 is 11.3 Å². The van der Waals surface area contributed by atoms with Crippen LogP contribution in [0.1, 0.15) is 17.4 Å². The zero-order valence-corrected chi connectivity index (χ0v) is 17.7. The molecule has 29 heavy (non-hydrogen) atoms. The van der Waals surface area contributed by atoms with E-state index >= 15 is 0 Å². The summed E-state index contributed by atoms with van der Waals surface area (Å²) in [4.78, 5) is 13.6. The van der Waals surface area contributed by atoms with E-state index in [-0.39, 0.29) is 11.4 Å². The van der Waals surface area contributed by atoms with Crippen LogP contribution in [-0.4, -0.2) is 26.6 Å². The fraction of sp³-hybridized carbons (Fsp3) is 0.143. The van der Waals surface area contributed by atoms with Crippen LogP contribution in [0.3, 0.4) is 0 Å². The molecule has 0 saturated heterocycles. The summed E-state index contributed by atoms with van der Waals surface area (Å²) in [5, 5.41) is 6.00. The van der Waals surface area contributed by atoms with E-state index in [1.54, 1.807) is 49.4 Å². The number of thiophene rings is 1. The second-order valence-electron chi connectivity index (χ2n) is 6.37. The molecule has 1 aromatic heterocycles. The Labute approximate surface area is 174 Å². The van der Waals surface area contributed by atoms with Gasteiger partial charge in [-0.15, -0.1) is 11.3 Å². The molecule has 0 aliphatic rings. The van der Waals surface area contributed by atoms with Crippen molar-refractivity contribution in [2.45, 2.75) is 18.7 Å². The molecular weight excluding hydrogens is 406 g/mol. The zero-order chi connectivity index (χ0) is 20.9. The Balaban J connectivity index is 1.85. The van der Waals surface area contributed by atoms with Crippen molar-refractivity contribution in [1.82, 2.24) is 5.43 Å². The SMILES string of the molecule is C/C(=N/NC(=O)CN(c1ccccc1)S(=O)(=O)c1ccc(C)cc1)c1cccs1. The second-order valence-corrected chi connectivity index (χ2v) is 9.18. The number of amides is 1. The second kappa shape index (κ2) is 9.02. The molecule has 0 spiro atoms. The van der Waals surface area contributed by atoms with Crippen LogP contribution in [0, 0.1) is 6.92 Å². The van der Waals surface area contributed by atoms with Gasteiger partial charge in [0.05, 0.1) is 16.3 Å². The molecule has 1 amide bonds. The number of hydrazone groups is 1. The van der Waals surface area contributed by atoms with Gasteiger partial charge in [0.1, 0.15) is 6.54 Å². The van der Waals surface area contributed by atoms with Gasteiger partial charge in [-0.25, -0.2) is 13.8 Å². The molecular formula is C21H21N3O3S2. The van der Waals surface area contributed by atoms with Crippen LogP contribution in [-0.2, 0) is 14.8 Å². The Hall–Kier alpha value is -2.97. The summed E-state index contributed by atoms with van der Waals surface area (Å²) in [6.45, 7) is 3.28. The molecule has 2 aromatic carbocycles. The van der Waals surface area contributed by atoms with Crippen molar-refractivity contribution in [1.29, 1.82) is 0 Å². The summed E-state index contributed by atoms with van der Waals surface area (Å²) in [7, 11) is -3.92. The normalized spacial score (nSPS) is 11.9. The maximum atomic E-state index is 13.2. The number of carbonyl (C=O) groups excluding carboxylic acids is 1. The van der Waals surface area contributed by atoms with Gasteiger partial charge in [0.15, 0.2) is 0 Å². The van der Waals surface area contributed by atoms with Gasteiger partial charge >= 0.3 is 0 Å². The van der Waals surface area contributed by atoms with Crippen molar-refractivity contribution >= 4 is 38.7 Å². The first kappa shape index (κ1) is 20.8. The lowest BCUT2D eigenvalue weighted by molar-refractivity contribution is -0.119. The standard InChI is InChI=1S/C21H21N3O3S2/c1-16-10-12-19(13-11-16)29(26,27)24(18-7-4-3-5-8-18)15-21(25)23-22-17(2)20-9-6-14-28-20/h3-14H,15H2,1-2H3,(H,23,25)/b22-17-. The molecule has 0 bridgehead atoms. The van der Waals surface area contributed by atoms with Gasteiger partial charge in [0, 0.05) is 4.88 Å². The number of sulfonamides is 1. The van der Waals surface area contributed by atoms with Gasteiger partial charge in [-0.3, -0.25) is 9.10 Å². The number of carbonyl (C=O) groups is 1. The molecule has 6 nitrogen and oxygen atoms in total. The average Bonchev–Trinajstić information content (AvgIpc) is 3.26. The largest absolute Gasteiger partial charge is 0.271 e. The molecule has 0 atom stereocenters. The summed E-state index contributed by atoms with van der Waals surface area (Å²) >= 11 is 1.51. The van der Waals surface area contributed by atoms with Gasteiger partial charge in [-0.2, -0.15) is 5.10 Å². The highest BCUT2D eigenvalue weighted by molar-refractivity contribution is 7.92. The highest BCUT2D eigenvalue weighted by Crippen LogP contribution is 2.23. The van der Waals surface area contributed by atoms with Crippen LogP contribution in [0.25, 0.3) is 0 Å². The quantitative estimate of drug-likeness (QED) is 0.460. The third-order valence-corrected chi connectivity index (χ3v) is 6.93. The zero-order valence-electron chi connectivity index (χ0n) is 16.1. The Kier molecular flexibility index (Phi) is 6.46. The topological polar surface area (TPSA) is 78.8 Å². The van der Waals surface area contributed by atoms with Crippen LogP contribution in [0.2, 0.25) is 0 Å². The molecule has 8 heteroatoms. The van der Waals surface area contributed by atoms with E-state index in [0.717, 1.165) is 14.7 Å². The fourth-order valence-corrected chi connectivity index (χ4v) is 4.70. The number of aryl methyl sites for hydroxylation is 1. The fourth-order valence-electron chi connectivity index (χ4n) is 2.60. The Bertz CT molecular complexity index is 1090. The van der Waals surface area contributed by atoms with Crippen molar-refractivity contribution in [3.63, 3.8) is 0 Å². The molecule has 150 valence electrons. The number of para-hydroxylation sites is 1. The number of hydrogen-bond acceptors (Lipinski definition) is 5. The van der Waals surface area contributed by atoms with E-state index in [2.05, 4.69) is 10.5 Å². The van der Waals surface area contributed by atoms with Crippen LogP contribution in [0.4, 0.5) is 5.69 Å². The van der Waals surface area contributed by atoms with Crippen molar-refractivity contribution < 1.29 is 13.2 Å². The predicted molar refractivity (Wildman–Crippen MR) is 117 cm³/mol. The molecule has 3 aromatic rings. The number of nitrogens with zero attached hydrogens (tertiary/aromatic N) is 2. The molecule has 1 heterocycles. The third-order valence-electron chi connectivity index (χ3n) is 4.17. The Morgan fingerprint density at radius 2 is 1.72 bits per heavy atom. The van der Waals surface area contributed by atoms with E-state index in [9.17, 15) is 13.2 Å². The summed E-state index contributed by atoms with van der Waals surface area (Å²) in [5.41, 5.74) is 4.46. The van der Waals surface area contributed by atoms with E-state index in [1.165, 1.54) is 23.5 Å². The summed E-state index contributed by atoms with van der Waals surface area (Å²) in [6.07, 6.45) is 0. The molecule has 0 radical (unpaired) electrons. The molecule has 0 fully saturated rings. The van der Waals surface area contributed by atoms with Gasteiger partial charge in [-0.1, -0.05) is 42.0 Å². The summed E-state index contributed by atoms with van der Waals surface area (Å²) in [6, 6.07) is 18.9. The number of nitrogens with one attached hydrogen (secondary N) is 1.